The first-order valence-corrected chi connectivity index (χ1v) is 7.59. The highest BCUT2D eigenvalue weighted by Crippen LogP contribution is 2.45. The van der Waals surface area contributed by atoms with Crippen molar-refractivity contribution in [2.45, 2.75) is 58.5 Å². The maximum Gasteiger partial charge on any atom is 0.00979 e. The molecule has 3 aliphatic rings. The summed E-state index contributed by atoms with van der Waals surface area (Å²) in [6, 6.07) is 1.50. The van der Waals surface area contributed by atoms with Crippen LogP contribution in [0.2, 0.25) is 0 Å². The predicted octanol–water partition coefficient (Wildman–Crippen LogP) is 3.61. The lowest BCUT2D eigenvalue weighted by Gasteiger charge is -2.31. The van der Waals surface area contributed by atoms with Crippen molar-refractivity contribution in [2.75, 3.05) is 0 Å². The van der Waals surface area contributed by atoms with E-state index in [4.69, 9.17) is 0 Å². The van der Waals surface area contributed by atoms with Gasteiger partial charge in [-0.2, -0.15) is 0 Å². The fourth-order valence-corrected chi connectivity index (χ4v) is 4.46. The quantitative estimate of drug-likeness (QED) is 0.734. The van der Waals surface area contributed by atoms with Crippen LogP contribution < -0.4 is 5.32 Å². The molecule has 0 amide bonds. The monoisotopic (exact) mass is 233 g/mol. The molecule has 2 bridgehead atoms. The lowest BCUT2D eigenvalue weighted by molar-refractivity contribution is 0.269. The van der Waals surface area contributed by atoms with Crippen LogP contribution in [0.4, 0.5) is 0 Å². The molecular weight excluding hydrogens is 206 g/mol. The van der Waals surface area contributed by atoms with Crippen molar-refractivity contribution < 1.29 is 0 Å². The lowest BCUT2D eigenvalue weighted by atomic mass is 9.86. The SMILES string of the molecule is CC1CCC(NC(C)C2CC3C=CC2C3)C1C. The first-order valence-electron chi connectivity index (χ1n) is 7.59. The molecule has 7 unspecified atom stereocenters. The van der Waals surface area contributed by atoms with E-state index in [0.717, 1.165) is 35.6 Å². The molecule has 3 aliphatic carbocycles. The van der Waals surface area contributed by atoms with Gasteiger partial charge in [-0.3, -0.25) is 0 Å². The van der Waals surface area contributed by atoms with Gasteiger partial charge in [0.1, 0.15) is 0 Å². The van der Waals surface area contributed by atoms with E-state index in [-0.39, 0.29) is 0 Å². The third kappa shape index (κ3) is 2.07. The second-order valence-electron chi connectivity index (χ2n) is 6.92. The van der Waals surface area contributed by atoms with Crippen LogP contribution in [0.25, 0.3) is 0 Å². The van der Waals surface area contributed by atoms with Gasteiger partial charge in [-0.15, -0.1) is 0 Å². The molecule has 2 fully saturated rings. The van der Waals surface area contributed by atoms with Gasteiger partial charge in [-0.1, -0.05) is 26.0 Å². The summed E-state index contributed by atoms with van der Waals surface area (Å²) < 4.78 is 0. The van der Waals surface area contributed by atoms with Gasteiger partial charge >= 0.3 is 0 Å². The Kier molecular flexibility index (Phi) is 3.06. The minimum absolute atomic E-state index is 0.715. The maximum atomic E-state index is 3.95. The molecule has 0 aromatic carbocycles. The van der Waals surface area contributed by atoms with E-state index in [1.165, 1.54) is 25.7 Å². The Morgan fingerprint density at radius 2 is 1.94 bits per heavy atom. The van der Waals surface area contributed by atoms with E-state index in [9.17, 15) is 0 Å². The van der Waals surface area contributed by atoms with Gasteiger partial charge in [-0.25, -0.2) is 0 Å². The first kappa shape index (κ1) is 11.8. The standard InChI is InChI=1S/C16H27N/c1-10-4-7-16(11(10)2)17-12(3)15-9-13-5-6-14(15)8-13/h5-6,10-17H,4,7-9H2,1-3H3. The Morgan fingerprint density at radius 3 is 2.47 bits per heavy atom. The van der Waals surface area contributed by atoms with E-state index in [1.807, 2.05) is 0 Å². The fourth-order valence-electron chi connectivity index (χ4n) is 4.46. The molecule has 96 valence electrons. The minimum atomic E-state index is 0.715. The Hall–Kier alpha value is -0.300. The van der Waals surface area contributed by atoms with Crippen LogP contribution in [0, 0.1) is 29.6 Å². The van der Waals surface area contributed by atoms with Gasteiger partial charge in [0.15, 0.2) is 0 Å². The molecule has 0 spiro atoms. The van der Waals surface area contributed by atoms with Crippen molar-refractivity contribution in [3.8, 4) is 0 Å². The number of hydrogen-bond acceptors (Lipinski definition) is 1. The van der Waals surface area contributed by atoms with Gasteiger partial charge in [0.05, 0.1) is 0 Å². The normalized spacial score (nSPS) is 50.1. The minimum Gasteiger partial charge on any atom is -0.311 e. The van der Waals surface area contributed by atoms with Crippen LogP contribution in [0.1, 0.15) is 46.5 Å². The zero-order valence-electron chi connectivity index (χ0n) is 11.5. The summed E-state index contributed by atoms with van der Waals surface area (Å²) >= 11 is 0. The molecule has 0 radical (unpaired) electrons. The number of fused-ring (bicyclic) bond motifs is 2. The average molecular weight is 233 g/mol. The number of allylic oxidation sites excluding steroid dienone is 2. The molecule has 0 aromatic rings. The molecule has 0 aromatic heterocycles. The topological polar surface area (TPSA) is 12.0 Å². The molecule has 0 saturated heterocycles. The first-order chi connectivity index (χ1) is 8.15. The molecule has 0 aliphatic heterocycles. The van der Waals surface area contributed by atoms with Crippen LogP contribution in [0.5, 0.6) is 0 Å². The molecule has 7 atom stereocenters. The summed E-state index contributed by atoms with van der Waals surface area (Å²) in [7, 11) is 0. The molecule has 1 N–H and O–H groups in total. The van der Waals surface area contributed by atoms with Gasteiger partial charge in [0, 0.05) is 12.1 Å². The average Bonchev–Trinajstić information content (AvgIpc) is 3.00. The molecule has 3 rings (SSSR count). The highest BCUT2D eigenvalue weighted by atomic mass is 15.0. The highest BCUT2D eigenvalue weighted by molar-refractivity contribution is 5.11. The zero-order chi connectivity index (χ0) is 12.0. The number of rotatable bonds is 3. The third-order valence-electron chi connectivity index (χ3n) is 5.91. The summed E-state index contributed by atoms with van der Waals surface area (Å²) in [6.45, 7) is 7.27. The summed E-state index contributed by atoms with van der Waals surface area (Å²) in [5.74, 6) is 4.49. The largest absolute Gasteiger partial charge is 0.311 e. The van der Waals surface area contributed by atoms with Gasteiger partial charge in [-0.05, 0) is 62.2 Å². The van der Waals surface area contributed by atoms with E-state index in [0.29, 0.717) is 6.04 Å². The molecule has 1 heteroatoms. The smallest absolute Gasteiger partial charge is 0.00979 e. The van der Waals surface area contributed by atoms with Gasteiger partial charge < -0.3 is 5.32 Å². The second kappa shape index (κ2) is 4.42. The van der Waals surface area contributed by atoms with Crippen molar-refractivity contribution in [2.24, 2.45) is 29.6 Å². The fraction of sp³-hybridized carbons (Fsp3) is 0.875. The Balaban J connectivity index is 1.57. The van der Waals surface area contributed by atoms with Crippen LogP contribution >= 0.6 is 0 Å². The number of hydrogen-bond donors (Lipinski definition) is 1. The number of nitrogens with one attached hydrogen (secondary N) is 1. The Bertz CT molecular complexity index is 309. The van der Waals surface area contributed by atoms with E-state index >= 15 is 0 Å². The van der Waals surface area contributed by atoms with Crippen molar-refractivity contribution in [1.82, 2.24) is 5.32 Å². The van der Waals surface area contributed by atoms with Gasteiger partial charge in [0.25, 0.3) is 0 Å². The lowest BCUT2D eigenvalue weighted by Crippen LogP contribution is -2.43. The summed E-state index contributed by atoms with van der Waals surface area (Å²) in [5.41, 5.74) is 0. The second-order valence-corrected chi connectivity index (χ2v) is 6.92. The van der Waals surface area contributed by atoms with Crippen LogP contribution in [0.3, 0.4) is 0 Å². The summed E-state index contributed by atoms with van der Waals surface area (Å²) in [6.07, 6.45) is 10.6. The van der Waals surface area contributed by atoms with Crippen LogP contribution in [-0.4, -0.2) is 12.1 Å². The van der Waals surface area contributed by atoms with Crippen molar-refractivity contribution in [3.63, 3.8) is 0 Å². The van der Waals surface area contributed by atoms with Crippen LogP contribution in [0.15, 0.2) is 12.2 Å². The summed E-state index contributed by atoms with van der Waals surface area (Å²) in [5, 5.41) is 3.95. The Labute approximate surface area is 106 Å². The summed E-state index contributed by atoms with van der Waals surface area (Å²) in [4.78, 5) is 0. The maximum absolute atomic E-state index is 3.95. The van der Waals surface area contributed by atoms with E-state index in [2.05, 4.69) is 38.2 Å². The van der Waals surface area contributed by atoms with Gasteiger partial charge in [0.2, 0.25) is 0 Å². The third-order valence-corrected chi connectivity index (χ3v) is 5.91. The molecule has 1 nitrogen and oxygen atoms in total. The van der Waals surface area contributed by atoms with Crippen LogP contribution in [-0.2, 0) is 0 Å². The zero-order valence-corrected chi connectivity index (χ0v) is 11.5. The Morgan fingerprint density at radius 1 is 1.12 bits per heavy atom. The van der Waals surface area contributed by atoms with Crippen molar-refractivity contribution >= 4 is 0 Å². The molecule has 17 heavy (non-hydrogen) atoms. The molecular formula is C16H27N. The predicted molar refractivity (Wildman–Crippen MR) is 72.8 cm³/mol. The van der Waals surface area contributed by atoms with E-state index in [1.54, 1.807) is 0 Å². The van der Waals surface area contributed by atoms with Crippen molar-refractivity contribution in [1.29, 1.82) is 0 Å². The van der Waals surface area contributed by atoms with E-state index < -0.39 is 0 Å². The highest BCUT2D eigenvalue weighted by Gasteiger charge is 2.40. The molecule has 0 heterocycles. The molecule has 2 saturated carbocycles. The van der Waals surface area contributed by atoms with Crippen molar-refractivity contribution in [3.05, 3.63) is 12.2 Å².